The van der Waals surface area contributed by atoms with Crippen molar-refractivity contribution in [3.8, 4) is 11.5 Å². The molecule has 1 amide bonds. The number of hydrazine groups is 1. The SMILES string of the molecule is CCOc1ccc(CNC(=O)C2CC(c3cccnc3)NN2)cc1OC. The Balaban J connectivity index is 1.54. The smallest absolute Gasteiger partial charge is 0.238 e. The van der Waals surface area contributed by atoms with Gasteiger partial charge in [-0.05, 0) is 42.7 Å². The van der Waals surface area contributed by atoms with Crippen LogP contribution in [0.2, 0.25) is 0 Å². The molecule has 1 saturated heterocycles. The first-order valence-electron chi connectivity index (χ1n) is 8.69. The highest BCUT2D eigenvalue weighted by Crippen LogP contribution is 2.28. The fourth-order valence-corrected chi connectivity index (χ4v) is 2.94. The first-order chi connectivity index (χ1) is 12.7. The van der Waals surface area contributed by atoms with E-state index in [4.69, 9.17) is 9.47 Å². The van der Waals surface area contributed by atoms with Crippen LogP contribution >= 0.6 is 0 Å². The molecule has 0 spiro atoms. The molecular formula is C19H24N4O3. The summed E-state index contributed by atoms with van der Waals surface area (Å²) in [6.45, 7) is 2.93. The molecule has 138 valence electrons. The number of nitrogens with one attached hydrogen (secondary N) is 3. The molecule has 0 radical (unpaired) electrons. The molecule has 0 bridgehead atoms. The van der Waals surface area contributed by atoms with E-state index in [1.807, 2.05) is 43.5 Å². The van der Waals surface area contributed by atoms with Gasteiger partial charge >= 0.3 is 0 Å². The largest absolute Gasteiger partial charge is 0.493 e. The lowest BCUT2D eigenvalue weighted by atomic mass is 10.0. The van der Waals surface area contributed by atoms with Gasteiger partial charge in [-0.1, -0.05) is 12.1 Å². The van der Waals surface area contributed by atoms with Crippen LogP contribution in [0.5, 0.6) is 11.5 Å². The summed E-state index contributed by atoms with van der Waals surface area (Å²) in [5, 5.41) is 2.96. The minimum absolute atomic E-state index is 0.0447. The number of methoxy groups -OCH3 is 1. The maximum Gasteiger partial charge on any atom is 0.238 e. The number of hydrogen-bond donors (Lipinski definition) is 3. The molecule has 2 heterocycles. The van der Waals surface area contributed by atoms with Crippen LogP contribution in [-0.4, -0.2) is 30.6 Å². The Hall–Kier alpha value is -2.64. The minimum atomic E-state index is -0.287. The highest BCUT2D eigenvalue weighted by atomic mass is 16.5. The van der Waals surface area contributed by atoms with Crippen LogP contribution in [0, 0.1) is 0 Å². The average molecular weight is 356 g/mol. The molecule has 1 aliphatic rings. The monoisotopic (exact) mass is 356 g/mol. The summed E-state index contributed by atoms with van der Waals surface area (Å²) in [4.78, 5) is 16.6. The van der Waals surface area contributed by atoms with E-state index in [9.17, 15) is 4.79 Å². The lowest BCUT2D eigenvalue weighted by Crippen LogP contribution is -2.42. The zero-order chi connectivity index (χ0) is 18.4. The number of pyridine rings is 1. The van der Waals surface area contributed by atoms with E-state index >= 15 is 0 Å². The van der Waals surface area contributed by atoms with E-state index in [0.29, 0.717) is 31.1 Å². The van der Waals surface area contributed by atoms with E-state index in [0.717, 1.165) is 11.1 Å². The van der Waals surface area contributed by atoms with Gasteiger partial charge in [-0.25, -0.2) is 10.9 Å². The van der Waals surface area contributed by atoms with Crippen molar-refractivity contribution in [1.29, 1.82) is 0 Å². The summed E-state index contributed by atoms with van der Waals surface area (Å²) in [6.07, 6.45) is 4.22. The van der Waals surface area contributed by atoms with Crippen molar-refractivity contribution in [3.63, 3.8) is 0 Å². The van der Waals surface area contributed by atoms with Crippen molar-refractivity contribution >= 4 is 5.91 Å². The Labute approximate surface area is 153 Å². The molecule has 2 atom stereocenters. The van der Waals surface area contributed by atoms with E-state index < -0.39 is 0 Å². The summed E-state index contributed by atoms with van der Waals surface area (Å²) in [6, 6.07) is 9.34. The number of aromatic nitrogens is 1. The zero-order valence-electron chi connectivity index (χ0n) is 15.0. The Kier molecular flexibility index (Phi) is 6.04. The number of amides is 1. The molecule has 26 heavy (non-hydrogen) atoms. The van der Waals surface area contributed by atoms with E-state index in [2.05, 4.69) is 21.2 Å². The fraction of sp³-hybridized carbons (Fsp3) is 0.368. The van der Waals surface area contributed by atoms with Crippen LogP contribution in [0.15, 0.2) is 42.7 Å². The van der Waals surface area contributed by atoms with Crippen LogP contribution in [0.4, 0.5) is 0 Å². The maximum absolute atomic E-state index is 12.4. The third-order valence-corrected chi connectivity index (χ3v) is 4.30. The van der Waals surface area contributed by atoms with Gasteiger partial charge in [-0.15, -0.1) is 0 Å². The van der Waals surface area contributed by atoms with E-state index in [1.54, 1.807) is 13.3 Å². The van der Waals surface area contributed by atoms with Gasteiger partial charge in [0, 0.05) is 25.0 Å². The number of benzene rings is 1. The second kappa shape index (κ2) is 8.64. The summed E-state index contributed by atoms with van der Waals surface area (Å²) >= 11 is 0. The van der Waals surface area contributed by atoms with Crippen molar-refractivity contribution in [2.24, 2.45) is 0 Å². The van der Waals surface area contributed by atoms with Crippen LogP contribution in [-0.2, 0) is 11.3 Å². The molecule has 0 saturated carbocycles. The van der Waals surface area contributed by atoms with Crippen molar-refractivity contribution in [3.05, 3.63) is 53.9 Å². The lowest BCUT2D eigenvalue weighted by Gasteiger charge is -2.13. The van der Waals surface area contributed by atoms with Gasteiger partial charge in [-0.3, -0.25) is 9.78 Å². The molecule has 7 heteroatoms. The molecule has 3 rings (SSSR count). The second-order valence-electron chi connectivity index (χ2n) is 6.05. The molecule has 1 aromatic carbocycles. The molecule has 1 aliphatic heterocycles. The third kappa shape index (κ3) is 4.30. The van der Waals surface area contributed by atoms with E-state index in [-0.39, 0.29) is 18.0 Å². The van der Waals surface area contributed by atoms with Crippen molar-refractivity contribution < 1.29 is 14.3 Å². The normalized spacial score (nSPS) is 19.2. The van der Waals surface area contributed by atoms with Crippen LogP contribution < -0.4 is 25.6 Å². The first kappa shape index (κ1) is 18.2. The van der Waals surface area contributed by atoms with E-state index in [1.165, 1.54) is 0 Å². The highest BCUT2D eigenvalue weighted by molar-refractivity contribution is 5.82. The lowest BCUT2D eigenvalue weighted by molar-refractivity contribution is -0.123. The quantitative estimate of drug-likeness (QED) is 0.700. The van der Waals surface area contributed by atoms with Gasteiger partial charge in [0.25, 0.3) is 0 Å². The summed E-state index contributed by atoms with van der Waals surface area (Å²) in [5.74, 6) is 1.32. The van der Waals surface area contributed by atoms with Gasteiger partial charge in [0.15, 0.2) is 11.5 Å². The van der Waals surface area contributed by atoms with Crippen molar-refractivity contribution in [2.75, 3.05) is 13.7 Å². The summed E-state index contributed by atoms with van der Waals surface area (Å²) < 4.78 is 10.9. The fourth-order valence-electron chi connectivity index (χ4n) is 2.94. The molecule has 0 aliphatic carbocycles. The van der Waals surface area contributed by atoms with Crippen molar-refractivity contribution in [2.45, 2.75) is 32.0 Å². The number of ether oxygens (including phenoxy) is 2. The van der Waals surface area contributed by atoms with Gasteiger partial charge in [-0.2, -0.15) is 0 Å². The predicted molar refractivity (Wildman–Crippen MR) is 97.7 cm³/mol. The molecule has 2 unspecified atom stereocenters. The Morgan fingerprint density at radius 1 is 1.31 bits per heavy atom. The van der Waals surface area contributed by atoms with Gasteiger partial charge in [0.1, 0.15) is 6.04 Å². The zero-order valence-corrected chi connectivity index (χ0v) is 15.0. The maximum atomic E-state index is 12.4. The number of hydrogen-bond acceptors (Lipinski definition) is 6. The predicted octanol–water partition coefficient (Wildman–Crippen LogP) is 1.71. The van der Waals surface area contributed by atoms with Crippen LogP contribution in [0.1, 0.15) is 30.5 Å². The second-order valence-corrected chi connectivity index (χ2v) is 6.05. The van der Waals surface area contributed by atoms with Crippen LogP contribution in [0.3, 0.4) is 0 Å². The molecule has 3 N–H and O–H groups in total. The third-order valence-electron chi connectivity index (χ3n) is 4.30. The number of carbonyl (C=O) groups is 1. The summed E-state index contributed by atoms with van der Waals surface area (Å²) in [7, 11) is 1.60. The number of carbonyl (C=O) groups excluding carboxylic acids is 1. The van der Waals surface area contributed by atoms with Gasteiger partial charge in [0.2, 0.25) is 5.91 Å². The first-order valence-corrected chi connectivity index (χ1v) is 8.69. The minimum Gasteiger partial charge on any atom is -0.493 e. The number of nitrogens with zero attached hydrogens (tertiary/aromatic N) is 1. The molecule has 2 aromatic rings. The average Bonchev–Trinajstić information content (AvgIpc) is 3.18. The highest BCUT2D eigenvalue weighted by Gasteiger charge is 2.30. The summed E-state index contributed by atoms with van der Waals surface area (Å²) in [5.41, 5.74) is 8.22. The Morgan fingerprint density at radius 3 is 2.92 bits per heavy atom. The Morgan fingerprint density at radius 2 is 2.19 bits per heavy atom. The molecular weight excluding hydrogens is 332 g/mol. The molecule has 7 nitrogen and oxygen atoms in total. The van der Waals surface area contributed by atoms with Gasteiger partial charge in [0.05, 0.1) is 13.7 Å². The van der Waals surface area contributed by atoms with Crippen LogP contribution in [0.25, 0.3) is 0 Å². The molecule has 1 aromatic heterocycles. The van der Waals surface area contributed by atoms with Crippen molar-refractivity contribution in [1.82, 2.24) is 21.2 Å². The number of rotatable bonds is 7. The standard InChI is InChI=1S/C19H24N4O3/c1-3-26-17-7-6-13(9-18(17)25-2)11-21-19(24)16-10-15(22-23-16)14-5-4-8-20-12-14/h4-9,12,15-16,22-23H,3,10-11H2,1-2H3,(H,21,24). The van der Waals surface area contributed by atoms with Gasteiger partial charge < -0.3 is 14.8 Å². The Bertz CT molecular complexity index is 739. The topological polar surface area (TPSA) is 84.5 Å². The molecule has 1 fully saturated rings.